The number of aliphatic hydroxyl groups is 1. The van der Waals surface area contributed by atoms with Gasteiger partial charge in [-0.25, -0.2) is 0 Å². The number of ether oxygens (including phenoxy) is 1. The zero-order valence-electron chi connectivity index (χ0n) is 14.0. The molecular formula is C17H26N2O4. The van der Waals surface area contributed by atoms with Gasteiger partial charge in [0.15, 0.2) is 11.5 Å². The van der Waals surface area contributed by atoms with E-state index >= 15 is 0 Å². The number of esters is 1. The van der Waals surface area contributed by atoms with Crippen LogP contribution in [0, 0.1) is 5.41 Å². The van der Waals surface area contributed by atoms with Crippen LogP contribution >= 0.6 is 0 Å². The highest BCUT2D eigenvalue weighted by atomic mass is 16.5. The first-order valence-electron chi connectivity index (χ1n) is 7.92. The number of carbonyl (C=O) groups is 1. The number of phenolic OH excluding ortho intramolecular Hbond substituents is 1. The third kappa shape index (κ3) is 4.22. The van der Waals surface area contributed by atoms with Crippen LogP contribution in [0.4, 0.5) is 0 Å². The lowest BCUT2D eigenvalue weighted by atomic mass is 9.79. The Kier molecular flexibility index (Phi) is 5.62. The van der Waals surface area contributed by atoms with E-state index in [2.05, 4.69) is 10.2 Å². The van der Waals surface area contributed by atoms with Gasteiger partial charge in [0.05, 0.1) is 0 Å². The Morgan fingerprint density at radius 1 is 1.39 bits per heavy atom. The zero-order chi connectivity index (χ0) is 17.0. The number of phenols is 1. The van der Waals surface area contributed by atoms with Gasteiger partial charge in [-0.2, -0.15) is 0 Å². The quantitative estimate of drug-likeness (QED) is 0.560. The minimum Gasteiger partial charge on any atom is -0.504 e. The lowest BCUT2D eigenvalue weighted by Crippen LogP contribution is -2.49. The number of aromatic hydroxyl groups is 1. The number of carbonyl (C=O) groups excluding carboxylic acids is 1. The van der Waals surface area contributed by atoms with Gasteiger partial charge in [-0.3, -0.25) is 9.69 Å². The van der Waals surface area contributed by atoms with Gasteiger partial charge in [-0.05, 0) is 17.7 Å². The Labute approximate surface area is 137 Å². The van der Waals surface area contributed by atoms with Crippen LogP contribution in [0.2, 0.25) is 0 Å². The summed E-state index contributed by atoms with van der Waals surface area (Å²) < 4.78 is 4.98. The van der Waals surface area contributed by atoms with Crippen LogP contribution in [-0.4, -0.2) is 53.9 Å². The molecule has 6 nitrogen and oxygen atoms in total. The summed E-state index contributed by atoms with van der Waals surface area (Å²) in [5.41, 5.74) is 0.534. The van der Waals surface area contributed by atoms with Gasteiger partial charge in [-0.15, -0.1) is 0 Å². The Morgan fingerprint density at radius 3 is 2.57 bits per heavy atom. The standard InChI is InChI=1S/C17H26N2O4/c1-12(21)23-15-5-4-13(10-14(15)22)16(17(2,3)11-20)19-8-6-18-7-9-19/h4-5,10,16,18,20,22H,6-9,11H2,1-3H3/t16-/m1/s1. The normalized spacial score (nSPS) is 17.7. The number of aliphatic hydroxyl groups excluding tert-OH is 1. The smallest absolute Gasteiger partial charge is 0.308 e. The van der Waals surface area contributed by atoms with E-state index in [9.17, 15) is 15.0 Å². The highest BCUT2D eigenvalue weighted by molar-refractivity contribution is 5.70. The van der Waals surface area contributed by atoms with E-state index in [1.165, 1.54) is 6.92 Å². The van der Waals surface area contributed by atoms with Crippen LogP contribution in [0.3, 0.4) is 0 Å². The lowest BCUT2D eigenvalue weighted by molar-refractivity contribution is -0.132. The summed E-state index contributed by atoms with van der Waals surface area (Å²) in [6.07, 6.45) is 0. The molecule has 0 aromatic heterocycles. The maximum absolute atomic E-state index is 11.1. The van der Waals surface area contributed by atoms with Gasteiger partial charge in [0, 0.05) is 51.2 Å². The second kappa shape index (κ2) is 7.29. The maximum Gasteiger partial charge on any atom is 0.308 e. The molecule has 1 aliphatic heterocycles. The van der Waals surface area contributed by atoms with E-state index in [1.807, 2.05) is 19.9 Å². The molecule has 1 aliphatic rings. The Morgan fingerprint density at radius 2 is 2.04 bits per heavy atom. The fraction of sp³-hybridized carbons (Fsp3) is 0.588. The molecule has 2 rings (SSSR count). The van der Waals surface area contributed by atoms with Crippen molar-refractivity contribution in [2.45, 2.75) is 26.8 Å². The Bertz CT molecular complexity index is 554. The van der Waals surface area contributed by atoms with E-state index in [0.717, 1.165) is 31.7 Å². The summed E-state index contributed by atoms with van der Waals surface area (Å²) in [6, 6.07) is 5.05. The fourth-order valence-corrected chi connectivity index (χ4v) is 3.13. The SMILES string of the molecule is CC(=O)Oc1ccc([C@@H](N2CCNCC2)C(C)(C)CO)cc1O. The average molecular weight is 322 g/mol. The molecule has 0 aliphatic carbocycles. The van der Waals surface area contributed by atoms with Crippen LogP contribution in [0.15, 0.2) is 18.2 Å². The molecular weight excluding hydrogens is 296 g/mol. The van der Waals surface area contributed by atoms with E-state index in [-0.39, 0.29) is 29.6 Å². The van der Waals surface area contributed by atoms with E-state index < -0.39 is 5.97 Å². The molecule has 1 saturated heterocycles. The number of nitrogens with one attached hydrogen (secondary N) is 1. The minimum absolute atomic E-state index is 0.0353. The Hall–Kier alpha value is -1.63. The Balaban J connectivity index is 2.35. The molecule has 0 unspecified atom stereocenters. The molecule has 0 saturated carbocycles. The van der Waals surface area contributed by atoms with Crippen molar-refractivity contribution in [3.8, 4) is 11.5 Å². The number of hydrogen-bond acceptors (Lipinski definition) is 6. The van der Waals surface area contributed by atoms with Gasteiger partial charge in [-0.1, -0.05) is 19.9 Å². The molecule has 1 aromatic rings. The second-order valence-electron chi connectivity index (χ2n) is 6.66. The number of nitrogens with zero attached hydrogens (tertiary/aromatic N) is 1. The second-order valence-corrected chi connectivity index (χ2v) is 6.66. The maximum atomic E-state index is 11.1. The number of rotatable bonds is 5. The first kappa shape index (κ1) is 17.7. The number of hydrogen-bond donors (Lipinski definition) is 3. The van der Waals surface area contributed by atoms with Crippen LogP contribution in [-0.2, 0) is 4.79 Å². The molecule has 0 amide bonds. The largest absolute Gasteiger partial charge is 0.504 e. The average Bonchev–Trinajstić information content (AvgIpc) is 2.50. The molecule has 6 heteroatoms. The minimum atomic E-state index is -0.470. The van der Waals surface area contributed by atoms with Gasteiger partial charge >= 0.3 is 5.97 Å². The van der Waals surface area contributed by atoms with E-state index in [1.54, 1.807) is 12.1 Å². The molecule has 23 heavy (non-hydrogen) atoms. The first-order valence-corrected chi connectivity index (χ1v) is 7.92. The molecule has 3 N–H and O–H groups in total. The summed E-state index contributed by atoms with van der Waals surface area (Å²) in [5.74, 6) is -0.379. The monoisotopic (exact) mass is 322 g/mol. The van der Waals surface area contributed by atoms with Crippen LogP contribution in [0.1, 0.15) is 32.4 Å². The van der Waals surface area contributed by atoms with Crippen molar-refractivity contribution in [1.29, 1.82) is 0 Å². The highest BCUT2D eigenvalue weighted by Crippen LogP contribution is 2.41. The molecule has 0 bridgehead atoms. The van der Waals surface area contributed by atoms with Crippen molar-refractivity contribution >= 4 is 5.97 Å². The van der Waals surface area contributed by atoms with Crippen LogP contribution in [0.5, 0.6) is 11.5 Å². The van der Waals surface area contributed by atoms with Crippen molar-refractivity contribution in [3.05, 3.63) is 23.8 Å². The van der Waals surface area contributed by atoms with Crippen molar-refractivity contribution in [2.75, 3.05) is 32.8 Å². The van der Waals surface area contributed by atoms with Crippen molar-refractivity contribution < 1.29 is 19.7 Å². The summed E-state index contributed by atoms with van der Waals surface area (Å²) in [6.45, 7) is 8.90. The third-order valence-corrected chi connectivity index (χ3v) is 4.22. The van der Waals surface area contributed by atoms with Crippen molar-refractivity contribution in [3.63, 3.8) is 0 Å². The van der Waals surface area contributed by atoms with Crippen molar-refractivity contribution in [2.24, 2.45) is 5.41 Å². The first-order chi connectivity index (χ1) is 10.8. The molecule has 1 atom stereocenters. The van der Waals surface area contributed by atoms with Crippen LogP contribution in [0.25, 0.3) is 0 Å². The van der Waals surface area contributed by atoms with Gasteiger partial charge in [0.25, 0.3) is 0 Å². The number of piperazine rings is 1. The predicted molar refractivity (Wildman–Crippen MR) is 87.5 cm³/mol. The van der Waals surface area contributed by atoms with Gasteiger partial charge < -0.3 is 20.3 Å². The fourth-order valence-electron chi connectivity index (χ4n) is 3.13. The van der Waals surface area contributed by atoms with Crippen molar-refractivity contribution in [1.82, 2.24) is 10.2 Å². The number of benzene rings is 1. The highest BCUT2D eigenvalue weighted by Gasteiger charge is 2.36. The van der Waals surface area contributed by atoms with Crippen LogP contribution < -0.4 is 10.1 Å². The molecule has 1 fully saturated rings. The molecule has 0 radical (unpaired) electrons. The molecule has 1 aromatic carbocycles. The van der Waals surface area contributed by atoms with E-state index in [0.29, 0.717) is 0 Å². The molecule has 1 heterocycles. The topological polar surface area (TPSA) is 82.0 Å². The lowest BCUT2D eigenvalue weighted by Gasteiger charge is -2.43. The van der Waals surface area contributed by atoms with Gasteiger partial charge in [0.1, 0.15) is 0 Å². The summed E-state index contributed by atoms with van der Waals surface area (Å²) >= 11 is 0. The zero-order valence-corrected chi connectivity index (χ0v) is 14.0. The summed E-state index contributed by atoms with van der Waals surface area (Å²) in [5, 5.41) is 23.3. The summed E-state index contributed by atoms with van der Waals surface area (Å²) in [7, 11) is 0. The summed E-state index contributed by atoms with van der Waals surface area (Å²) in [4.78, 5) is 13.4. The predicted octanol–water partition coefficient (Wildman–Crippen LogP) is 1.28. The van der Waals surface area contributed by atoms with E-state index in [4.69, 9.17) is 4.74 Å². The molecule has 0 spiro atoms. The van der Waals surface area contributed by atoms with Gasteiger partial charge in [0.2, 0.25) is 0 Å². The third-order valence-electron chi connectivity index (χ3n) is 4.22. The molecule has 128 valence electrons.